The number of nitrogens with zero attached hydrogens (tertiary/aromatic N) is 3. The van der Waals surface area contributed by atoms with Gasteiger partial charge in [-0.2, -0.15) is 0 Å². The fourth-order valence-electron chi connectivity index (χ4n) is 4.42. The Morgan fingerprint density at radius 1 is 1.11 bits per heavy atom. The van der Waals surface area contributed by atoms with E-state index in [4.69, 9.17) is 23.2 Å². The molecule has 1 aromatic heterocycles. The number of aromatic nitrogens is 2. The second kappa shape index (κ2) is 9.93. The molecule has 0 aliphatic carbocycles. The van der Waals surface area contributed by atoms with Crippen LogP contribution in [0, 0.1) is 11.6 Å². The zero-order valence-electron chi connectivity index (χ0n) is 18.5. The van der Waals surface area contributed by atoms with Crippen molar-refractivity contribution in [2.75, 3.05) is 25.0 Å². The number of anilines is 2. The number of nitrogens with one attached hydrogen (secondary N) is 3. The number of fused-ring (bicyclic) bond motifs is 1. The first-order chi connectivity index (χ1) is 16.9. The van der Waals surface area contributed by atoms with Crippen LogP contribution in [0.2, 0.25) is 10.0 Å². The van der Waals surface area contributed by atoms with E-state index in [1.165, 1.54) is 30.3 Å². The Morgan fingerprint density at radius 3 is 2.77 bits per heavy atom. The molecule has 3 N–H and O–H groups in total. The third-order valence-electron chi connectivity index (χ3n) is 6.31. The largest absolute Gasteiger partial charge is 0.333 e. The van der Waals surface area contributed by atoms with Crippen LogP contribution in [-0.2, 0) is 13.0 Å². The van der Waals surface area contributed by atoms with Crippen LogP contribution >= 0.6 is 23.2 Å². The van der Waals surface area contributed by atoms with Crippen LogP contribution in [0.15, 0.2) is 42.6 Å². The summed E-state index contributed by atoms with van der Waals surface area (Å²) in [7, 11) is 0. The van der Waals surface area contributed by atoms with E-state index in [-0.39, 0.29) is 28.0 Å². The number of amides is 2. The minimum Gasteiger partial charge on any atom is -0.333 e. The van der Waals surface area contributed by atoms with Crippen LogP contribution in [0.5, 0.6) is 0 Å². The van der Waals surface area contributed by atoms with Crippen LogP contribution in [0.3, 0.4) is 0 Å². The number of carbonyl (C=O) groups is 1. The number of rotatable bonds is 4. The lowest BCUT2D eigenvalue weighted by molar-refractivity contribution is 0.187. The maximum Gasteiger partial charge on any atom is 0.318 e. The molecule has 182 valence electrons. The van der Waals surface area contributed by atoms with Gasteiger partial charge in [-0.1, -0.05) is 29.3 Å². The molecular formula is C24H22Cl2F2N6O. The Bertz CT molecular complexity index is 1280. The smallest absolute Gasteiger partial charge is 0.318 e. The van der Waals surface area contributed by atoms with Gasteiger partial charge < -0.3 is 20.9 Å². The van der Waals surface area contributed by atoms with E-state index < -0.39 is 11.6 Å². The lowest BCUT2D eigenvalue weighted by Gasteiger charge is -2.30. The molecule has 5 rings (SSSR count). The fraction of sp³-hybridized carbons (Fsp3) is 0.292. The summed E-state index contributed by atoms with van der Waals surface area (Å²) >= 11 is 11.9. The van der Waals surface area contributed by atoms with Crippen molar-refractivity contribution >= 4 is 40.9 Å². The molecule has 0 saturated carbocycles. The third-order valence-corrected chi connectivity index (χ3v) is 6.92. The molecule has 35 heavy (non-hydrogen) atoms. The molecule has 2 aliphatic rings. The molecule has 3 heterocycles. The maximum atomic E-state index is 14.0. The number of hydrogen-bond donors (Lipinski definition) is 3. The molecule has 1 saturated heterocycles. The number of hydrogen-bond acceptors (Lipinski definition) is 5. The summed E-state index contributed by atoms with van der Waals surface area (Å²) in [5, 5.41) is 9.64. The molecule has 2 aliphatic heterocycles. The standard InChI is InChI=1S/C24H22Cl2F2N6O/c25-17-3-1-13(7-19(17)28)16-10-29-11-21(16)33-24(35)34-6-5-14-9-30-23(32-22(14)12-34)31-20-4-2-15(27)8-18(20)26/h1-4,7-9,16,21,29H,5-6,10-12H2,(H,33,35)(H,30,31,32)/t16-,21?/m0/s1. The van der Waals surface area contributed by atoms with E-state index in [0.29, 0.717) is 44.2 Å². The van der Waals surface area contributed by atoms with E-state index in [9.17, 15) is 13.6 Å². The van der Waals surface area contributed by atoms with Crippen molar-refractivity contribution in [3.05, 3.63) is 81.1 Å². The van der Waals surface area contributed by atoms with Crippen molar-refractivity contribution in [3.8, 4) is 0 Å². The van der Waals surface area contributed by atoms with Crippen LogP contribution < -0.4 is 16.0 Å². The van der Waals surface area contributed by atoms with Crippen LogP contribution in [0.1, 0.15) is 22.7 Å². The van der Waals surface area contributed by atoms with Crippen molar-refractivity contribution < 1.29 is 13.6 Å². The van der Waals surface area contributed by atoms with Gasteiger partial charge in [-0.3, -0.25) is 0 Å². The molecule has 1 unspecified atom stereocenters. The van der Waals surface area contributed by atoms with Gasteiger partial charge in [0.1, 0.15) is 11.6 Å². The van der Waals surface area contributed by atoms with Crippen molar-refractivity contribution in [3.63, 3.8) is 0 Å². The highest BCUT2D eigenvalue weighted by Crippen LogP contribution is 2.28. The monoisotopic (exact) mass is 518 g/mol. The first-order valence-electron chi connectivity index (χ1n) is 11.2. The lowest BCUT2D eigenvalue weighted by Crippen LogP contribution is -2.48. The van der Waals surface area contributed by atoms with Crippen molar-refractivity contribution in [2.24, 2.45) is 0 Å². The normalized spacial score (nSPS) is 19.4. The highest BCUT2D eigenvalue weighted by atomic mass is 35.5. The highest BCUT2D eigenvalue weighted by Gasteiger charge is 2.32. The van der Waals surface area contributed by atoms with Crippen molar-refractivity contribution in [1.29, 1.82) is 0 Å². The van der Waals surface area contributed by atoms with Gasteiger partial charge in [0.15, 0.2) is 0 Å². The molecular weight excluding hydrogens is 497 g/mol. The van der Waals surface area contributed by atoms with Gasteiger partial charge >= 0.3 is 6.03 Å². The molecule has 2 atom stereocenters. The van der Waals surface area contributed by atoms with Gasteiger partial charge in [0.2, 0.25) is 5.95 Å². The number of urea groups is 1. The van der Waals surface area contributed by atoms with E-state index >= 15 is 0 Å². The van der Waals surface area contributed by atoms with E-state index in [1.807, 2.05) is 0 Å². The average molecular weight is 519 g/mol. The zero-order chi connectivity index (χ0) is 24.5. The molecule has 0 spiro atoms. The van der Waals surface area contributed by atoms with Crippen molar-refractivity contribution in [1.82, 2.24) is 25.5 Å². The summed E-state index contributed by atoms with van der Waals surface area (Å²) in [6, 6.07) is 8.37. The van der Waals surface area contributed by atoms with E-state index in [0.717, 1.165) is 16.8 Å². The summed E-state index contributed by atoms with van der Waals surface area (Å²) in [6.07, 6.45) is 2.35. The van der Waals surface area contributed by atoms with Gasteiger partial charge in [-0.15, -0.1) is 0 Å². The van der Waals surface area contributed by atoms with Crippen molar-refractivity contribution in [2.45, 2.75) is 24.9 Å². The van der Waals surface area contributed by atoms with Gasteiger partial charge in [-0.05, 0) is 47.9 Å². The van der Waals surface area contributed by atoms with Crippen LogP contribution in [0.4, 0.5) is 25.2 Å². The molecule has 2 aromatic carbocycles. The maximum absolute atomic E-state index is 14.0. The summed E-state index contributed by atoms with van der Waals surface area (Å²) in [5.74, 6) is -0.667. The molecule has 3 aromatic rings. The second-order valence-electron chi connectivity index (χ2n) is 8.58. The first kappa shape index (κ1) is 23.7. The van der Waals surface area contributed by atoms with Gasteiger partial charge in [0.25, 0.3) is 0 Å². The number of halogens is 4. The third kappa shape index (κ3) is 5.17. The lowest BCUT2D eigenvalue weighted by atomic mass is 9.94. The minimum absolute atomic E-state index is 0.0682. The SMILES string of the molecule is O=C(NC1CNC[C@H]1c1ccc(Cl)c(F)c1)N1CCc2cnc(Nc3ccc(F)cc3Cl)nc2C1. The summed E-state index contributed by atoms with van der Waals surface area (Å²) in [5.41, 5.74) is 2.95. The van der Waals surface area contributed by atoms with Crippen LogP contribution in [0.25, 0.3) is 0 Å². The molecule has 0 radical (unpaired) electrons. The Hall–Kier alpha value is -3.01. The molecule has 0 bridgehead atoms. The van der Waals surface area contributed by atoms with Gasteiger partial charge in [-0.25, -0.2) is 23.5 Å². The average Bonchev–Trinajstić information content (AvgIpc) is 3.30. The summed E-state index contributed by atoms with van der Waals surface area (Å²) in [4.78, 5) is 23.7. The Labute approximate surface area is 210 Å². The Morgan fingerprint density at radius 2 is 1.97 bits per heavy atom. The van der Waals surface area contributed by atoms with E-state index in [1.54, 1.807) is 17.2 Å². The predicted molar refractivity (Wildman–Crippen MR) is 130 cm³/mol. The number of carbonyl (C=O) groups excluding carboxylic acids is 1. The van der Waals surface area contributed by atoms with Crippen LogP contribution in [-0.4, -0.2) is 46.6 Å². The highest BCUT2D eigenvalue weighted by molar-refractivity contribution is 6.33. The molecule has 2 amide bonds. The molecule has 7 nitrogen and oxygen atoms in total. The Kier molecular flexibility index (Phi) is 6.73. The van der Waals surface area contributed by atoms with Gasteiger partial charge in [0, 0.05) is 31.7 Å². The molecule has 1 fully saturated rings. The quantitative estimate of drug-likeness (QED) is 0.469. The minimum atomic E-state index is -0.472. The van der Waals surface area contributed by atoms with E-state index in [2.05, 4.69) is 25.9 Å². The molecule has 11 heteroatoms. The Balaban J connectivity index is 1.26. The zero-order valence-corrected chi connectivity index (χ0v) is 20.0. The fourth-order valence-corrected chi connectivity index (χ4v) is 4.75. The predicted octanol–water partition coefficient (Wildman–Crippen LogP) is 4.63. The first-order valence-corrected chi connectivity index (χ1v) is 11.9. The topological polar surface area (TPSA) is 82.2 Å². The second-order valence-corrected chi connectivity index (χ2v) is 9.39. The van der Waals surface area contributed by atoms with Gasteiger partial charge in [0.05, 0.1) is 34.0 Å². The summed E-state index contributed by atoms with van der Waals surface area (Å²) < 4.78 is 27.3. The summed E-state index contributed by atoms with van der Waals surface area (Å²) in [6.45, 7) is 2.05. The number of benzene rings is 2.